The minimum absolute atomic E-state index is 0.0890. The number of amides is 1. The number of rotatable bonds is 6. The first-order chi connectivity index (χ1) is 14.9. The second-order valence-corrected chi connectivity index (χ2v) is 9.57. The lowest BCUT2D eigenvalue weighted by Crippen LogP contribution is -2.35. The number of carbonyl (C=O) groups excluding carboxylic acids is 1. The fourth-order valence-electron chi connectivity index (χ4n) is 4.01. The van der Waals surface area contributed by atoms with Crippen LogP contribution in [-0.2, 0) is 17.1 Å². The van der Waals surface area contributed by atoms with Crippen LogP contribution >= 0.6 is 0 Å². The molecule has 0 unspecified atom stereocenters. The molecule has 1 aliphatic rings. The van der Waals surface area contributed by atoms with Crippen molar-refractivity contribution in [1.29, 1.82) is 0 Å². The maximum atomic E-state index is 13.3. The van der Waals surface area contributed by atoms with Crippen molar-refractivity contribution in [3.63, 3.8) is 0 Å². The minimum atomic E-state index is -3.71. The summed E-state index contributed by atoms with van der Waals surface area (Å²) >= 11 is 0. The van der Waals surface area contributed by atoms with Crippen LogP contribution in [0.2, 0.25) is 0 Å². The van der Waals surface area contributed by atoms with E-state index in [-0.39, 0.29) is 10.8 Å². The largest absolute Gasteiger partial charge is 0.492 e. The molecular formula is C23H27N3O4S. The number of sulfonamides is 1. The number of hydrogen-bond donors (Lipinski definition) is 1. The second-order valence-electron chi connectivity index (χ2n) is 7.66. The number of aromatic nitrogens is 1. The maximum Gasteiger partial charge on any atom is 0.272 e. The molecule has 4 rings (SSSR count). The zero-order valence-electron chi connectivity index (χ0n) is 17.8. The summed E-state index contributed by atoms with van der Waals surface area (Å²) in [6.45, 7) is 3.16. The zero-order valence-corrected chi connectivity index (χ0v) is 18.6. The highest BCUT2D eigenvalue weighted by atomic mass is 32.2. The van der Waals surface area contributed by atoms with Gasteiger partial charge in [0.25, 0.3) is 5.91 Å². The molecular weight excluding hydrogens is 414 g/mol. The molecule has 164 valence electrons. The Kier molecular flexibility index (Phi) is 6.02. The molecule has 1 amide bonds. The van der Waals surface area contributed by atoms with Gasteiger partial charge in [0.15, 0.2) is 0 Å². The Morgan fingerprint density at radius 3 is 2.52 bits per heavy atom. The molecule has 8 heteroatoms. The lowest BCUT2D eigenvalue weighted by atomic mass is 10.2. The number of benzene rings is 2. The van der Waals surface area contributed by atoms with Crippen LogP contribution in [-0.4, -0.2) is 42.9 Å². The van der Waals surface area contributed by atoms with E-state index in [0.717, 1.165) is 30.2 Å². The molecule has 0 radical (unpaired) electrons. The fraction of sp³-hybridized carbons (Fsp3) is 0.348. The number of anilines is 1. The van der Waals surface area contributed by atoms with E-state index < -0.39 is 10.0 Å². The summed E-state index contributed by atoms with van der Waals surface area (Å²) in [5, 5.41) is 3.81. The molecule has 1 aromatic heterocycles. The molecule has 0 aliphatic carbocycles. The van der Waals surface area contributed by atoms with E-state index in [1.807, 2.05) is 48.9 Å². The molecule has 0 spiro atoms. The number of carbonyl (C=O) groups is 1. The number of nitrogens with one attached hydrogen (secondary N) is 1. The summed E-state index contributed by atoms with van der Waals surface area (Å²) in [6, 6.07) is 14.3. The van der Waals surface area contributed by atoms with Crippen LogP contribution in [0.25, 0.3) is 10.9 Å². The van der Waals surface area contributed by atoms with Gasteiger partial charge in [0, 0.05) is 36.7 Å². The molecule has 0 saturated carbocycles. The van der Waals surface area contributed by atoms with Crippen LogP contribution in [0.1, 0.15) is 36.7 Å². The number of nitrogens with zero attached hydrogens (tertiary/aromatic N) is 2. The first kappa shape index (κ1) is 21.4. The predicted molar refractivity (Wildman–Crippen MR) is 121 cm³/mol. The van der Waals surface area contributed by atoms with Gasteiger partial charge < -0.3 is 14.6 Å². The second kappa shape index (κ2) is 8.72. The van der Waals surface area contributed by atoms with Crippen molar-refractivity contribution < 1.29 is 17.9 Å². The predicted octanol–water partition coefficient (Wildman–Crippen LogP) is 4.00. The maximum absolute atomic E-state index is 13.3. The number of fused-ring (bicyclic) bond motifs is 1. The molecule has 31 heavy (non-hydrogen) atoms. The summed E-state index contributed by atoms with van der Waals surface area (Å²) < 4.78 is 35.5. The van der Waals surface area contributed by atoms with Gasteiger partial charge in [-0.2, -0.15) is 4.31 Å². The van der Waals surface area contributed by atoms with Gasteiger partial charge in [-0.05, 0) is 50.1 Å². The summed E-state index contributed by atoms with van der Waals surface area (Å²) in [5.74, 6) is -0.000132. The zero-order chi connectivity index (χ0) is 22.0. The Morgan fingerprint density at radius 2 is 1.81 bits per heavy atom. The van der Waals surface area contributed by atoms with Crippen molar-refractivity contribution in [2.24, 2.45) is 7.05 Å². The summed E-state index contributed by atoms with van der Waals surface area (Å²) in [7, 11) is -1.88. The Hall–Kier alpha value is -2.84. The van der Waals surface area contributed by atoms with Crippen molar-refractivity contribution in [1.82, 2.24) is 8.87 Å². The monoisotopic (exact) mass is 441 g/mol. The summed E-state index contributed by atoms with van der Waals surface area (Å²) in [6.07, 6.45) is 2.73. The van der Waals surface area contributed by atoms with Gasteiger partial charge >= 0.3 is 0 Å². The Balaban J connectivity index is 1.66. The average molecular weight is 442 g/mol. The number of para-hydroxylation sites is 1. The third kappa shape index (κ3) is 4.18. The first-order valence-corrected chi connectivity index (χ1v) is 12.0. The molecule has 1 aliphatic heterocycles. The van der Waals surface area contributed by atoms with Crippen LogP contribution in [0.4, 0.5) is 5.69 Å². The van der Waals surface area contributed by atoms with E-state index >= 15 is 0 Å². The van der Waals surface area contributed by atoms with Gasteiger partial charge in [-0.3, -0.25) is 4.79 Å². The van der Waals surface area contributed by atoms with Gasteiger partial charge in [0.05, 0.1) is 6.61 Å². The van der Waals surface area contributed by atoms with E-state index in [1.165, 1.54) is 10.4 Å². The SMILES string of the molecule is CCOc1ccc(NC(=O)c2cc3ccccc3n2C)cc1S(=O)(=O)N1CCCCC1. The summed E-state index contributed by atoms with van der Waals surface area (Å²) in [5.41, 5.74) is 1.86. The lowest BCUT2D eigenvalue weighted by Gasteiger charge is -2.27. The molecule has 7 nitrogen and oxygen atoms in total. The smallest absolute Gasteiger partial charge is 0.272 e. The molecule has 2 heterocycles. The van der Waals surface area contributed by atoms with E-state index in [2.05, 4.69) is 5.32 Å². The minimum Gasteiger partial charge on any atom is -0.492 e. The highest BCUT2D eigenvalue weighted by molar-refractivity contribution is 7.89. The molecule has 3 aromatic rings. The van der Waals surface area contributed by atoms with Gasteiger partial charge in [0.1, 0.15) is 16.3 Å². The number of ether oxygens (including phenoxy) is 1. The highest BCUT2D eigenvalue weighted by Gasteiger charge is 2.29. The van der Waals surface area contributed by atoms with Gasteiger partial charge in [0.2, 0.25) is 10.0 Å². The standard InChI is InChI=1S/C23H27N3O4S/c1-3-30-21-12-11-18(16-22(21)31(28,29)26-13-7-4-8-14-26)24-23(27)20-15-17-9-5-6-10-19(17)25(20)2/h5-6,9-12,15-16H,3-4,7-8,13-14H2,1-2H3,(H,24,27). The van der Waals surface area contributed by atoms with Crippen LogP contribution in [0.3, 0.4) is 0 Å². The number of piperidine rings is 1. The average Bonchev–Trinajstić information content (AvgIpc) is 3.12. The fourth-order valence-corrected chi connectivity index (χ4v) is 5.68. The van der Waals surface area contributed by atoms with Crippen LogP contribution in [0.5, 0.6) is 5.75 Å². The normalized spacial score (nSPS) is 15.2. The van der Waals surface area contributed by atoms with Crippen molar-refractivity contribution in [3.05, 3.63) is 54.2 Å². The molecule has 1 N–H and O–H groups in total. The van der Waals surface area contributed by atoms with Crippen LogP contribution in [0, 0.1) is 0 Å². The van der Waals surface area contributed by atoms with Crippen molar-refractivity contribution >= 4 is 32.5 Å². The van der Waals surface area contributed by atoms with E-state index in [1.54, 1.807) is 12.1 Å². The third-order valence-corrected chi connectivity index (χ3v) is 7.54. The summed E-state index contributed by atoms with van der Waals surface area (Å²) in [4.78, 5) is 13.0. The van der Waals surface area contributed by atoms with Gasteiger partial charge in [-0.15, -0.1) is 0 Å². The lowest BCUT2D eigenvalue weighted by molar-refractivity contribution is 0.101. The molecule has 1 saturated heterocycles. The van der Waals surface area contributed by atoms with E-state index in [4.69, 9.17) is 4.74 Å². The molecule has 0 bridgehead atoms. The van der Waals surface area contributed by atoms with Crippen molar-refractivity contribution in [3.8, 4) is 5.75 Å². The highest BCUT2D eigenvalue weighted by Crippen LogP contribution is 2.32. The third-order valence-electron chi connectivity index (χ3n) is 5.62. The van der Waals surface area contributed by atoms with Crippen molar-refractivity contribution in [2.75, 3.05) is 25.0 Å². The van der Waals surface area contributed by atoms with E-state index in [9.17, 15) is 13.2 Å². The molecule has 0 atom stereocenters. The van der Waals surface area contributed by atoms with E-state index in [0.29, 0.717) is 36.8 Å². The molecule has 2 aromatic carbocycles. The van der Waals surface area contributed by atoms with Gasteiger partial charge in [-0.1, -0.05) is 24.6 Å². The number of hydrogen-bond acceptors (Lipinski definition) is 4. The van der Waals surface area contributed by atoms with Crippen molar-refractivity contribution in [2.45, 2.75) is 31.1 Å². The van der Waals surface area contributed by atoms with Crippen LogP contribution in [0.15, 0.2) is 53.4 Å². The quantitative estimate of drug-likeness (QED) is 0.627. The Bertz CT molecular complexity index is 1210. The topological polar surface area (TPSA) is 80.6 Å². The Morgan fingerprint density at radius 1 is 1.06 bits per heavy atom. The first-order valence-electron chi connectivity index (χ1n) is 10.5. The molecule has 1 fully saturated rings. The number of aryl methyl sites for hydroxylation is 1. The van der Waals surface area contributed by atoms with Crippen LogP contribution < -0.4 is 10.1 Å². The van der Waals surface area contributed by atoms with Gasteiger partial charge in [-0.25, -0.2) is 8.42 Å². The Labute approximate surface area is 182 Å².